The van der Waals surface area contributed by atoms with E-state index in [4.69, 9.17) is 4.74 Å². The Balaban J connectivity index is 1.81. The van der Waals surface area contributed by atoms with Crippen molar-refractivity contribution >= 4 is 22.0 Å². The number of ether oxygens (including phenoxy) is 1. The lowest BCUT2D eigenvalue weighted by Gasteiger charge is -2.21. The molecule has 1 heterocycles. The summed E-state index contributed by atoms with van der Waals surface area (Å²) in [6.45, 7) is 2.57. The van der Waals surface area contributed by atoms with Gasteiger partial charge < -0.3 is 4.74 Å². The van der Waals surface area contributed by atoms with Gasteiger partial charge in [-0.3, -0.25) is 4.90 Å². The number of rotatable bonds is 3. The molecule has 1 aliphatic heterocycles. The molecule has 4 heteroatoms. The number of cyclic esters (lactones) is 1. The first-order chi connectivity index (χ1) is 10.2. The molecule has 1 amide bonds. The highest BCUT2D eigenvalue weighted by molar-refractivity contribution is 9.10. The number of halogens is 1. The fourth-order valence-electron chi connectivity index (χ4n) is 2.61. The first kappa shape index (κ1) is 14.1. The molecule has 2 atom stereocenters. The quantitative estimate of drug-likeness (QED) is 0.817. The van der Waals surface area contributed by atoms with E-state index < -0.39 is 0 Å². The number of amides is 1. The average molecular weight is 346 g/mol. The van der Waals surface area contributed by atoms with Gasteiger partial charge >= 0.3 is 6.09 Å². The summed E-state index contributed by atoms with van der Waals surface area (Å²) < 4.78 is 6.56. The lowest BCUT2D eigenvalue weighted by molar-refractivity contribution is 0.130. The van der Waals surface area contributed by atoms with E-state index in [1.54, 1.807) is 4.90 Å². The zero-order valence-electron chi connectivity index (χ0n) is 11.7. The van der Waals surface area contributed by atoms with Crippen molar-refractivity contribution in [3.63, 3.8) is 0 Å². The van der Waals surface area contributed by atoms with Crippen molar-refractivity contribution in [2.45, 2.75) is 25.6 Å². The SMILES string of the molecule is C[C@H]1[C@@H](c2ccccc2)OC(=O)N1Cc1ccccc1Br. The summed E-state index contributed by atoms with van der Waals surface area (Å²) >= 11 is 3.52. The third-order valence-corrected chi connectivity index (χ3v) is 4.59. The van der Waals surface area contributed by atoms with E-state index in [1.165, 1.54) is 0 Å². The molecule has 0 radical (unpaired) electrons. The standard InChI is InChI=1S/C17H16BrNO2/c1-12-16(13-7-3-2-4-8-13)21-17(20)19(12)11-14-9-5-6-10-15(14)18/h2-10,12,16H,11H2,1H3/t12-,16-/m0/s1. The van der Waals surface area contributed by atoms with Gasteiger partial charge in [0, 0.05) is 4.47 Å². The fraction of sp³-hybridized carbons (Fsp3) is 0.235. The molecule has 3 rings (SSSR count). The Labute approximate surface area is 132 Å². The topological polar surface area (TPSA) is 29.5 Å². The molecule has 1 aliphatic rings. The molecule has 0 saturated carbocycles. The van der Waals surface area contributed by atoms with Crippen LogP contribution in [0.25, 0.3) is 0 Å². The van der Waals surface area contributed by atoms with Gasteiger partial charge in [0.1, 0.15) is 6.10 Å². The summed E-state index contributed by atoms with van der Waals surface area (Å²) in [7, 11) is 0. The predicted octanol–water partition coefficient (Wildman–Crippen LogP) is 4.53. The molecule has 0 unspecified atom stereocenters. The molecule has 108 valence electrons. The van der Waals surface area contributed by atoms with E-state index in [-0.39, 0.29) is 18.2 Å². The van der Waals surface area contributed by atoms with Gasteiger partial charge in [-0.05, 0) is 24.1 Å². The van der Waals surface area contributed by atoms with Gasteiger partial charge in [-0.25, -0.2) is 4.79 Å². The lowest BCUT2D eigenvalue weighted by atomic mass is 10.0. The second-order valence-electron chi connectivity index (χ2n) is 5.17. The molecular formula is C17H16BrNO2. The molecule has 1 fully saturated rings. The third kappa shape index (κ3) is 2.81. The van der Waals surface area contributed by atoms with Gasteiger partial charge in [-0.1, -0.05) is 64.5 Å². The van der Waals surface area contributed by atoms with E-state index in [2.05, 4.69) is 15.9 Å². The van der Waals surface area contributed by atoms with Crippen LogP contribution in [0.1, 0.15) is 24.2 Å². The second-order valence-corrected chi connectivity index (χ2v) is 6.03. The highest BCUT2D eigenvalue weighted by atomic mass is 79.9. The van der Waals surface area contributed by atoms with Crippen LogP contribution in [0.5, 0.6) is 0 Å². The predicted molar refractivity (Wildman–Crippen MR) is 84.8 cm³/mol. The summed E-state index contributed by atoms with van der Waals surface area (Å²) in [5.41, 5.74) is 2.11. The van der Waals surface area contributed by atoms with Crippen LogP contribution in [0.2, 0.25) is 0 Å². The Morgan fingerprint density at radius 2 is 1.76 bits per heavy atom. The molecule has 1 saturated heterocycles. The summed E-state index contributed by atoms with van der Waals surface area (Å²) in [6, 6.07) is 17.8. The number of hydrogen-bond donors (Lipinski definition) is 0. The zero-order valence-corrected chi connectivity index (χ0v) is 13.3. The van der Waals surface area contributed by atoms with E-state index in [0.29, 0.717) is 6.54 Å². The van der Waals surface area contributed by atoms with Crippen LogP contribution < -0.4 is 0 Å². The normalized spacial score (nSPS) is 21.4. The maximum absolute atomic E-state index is 12.2. The van der Waals surface area contributed by atoms with Crippen LogP contribution in [-0.2, 0) is 11.3 Å². The average Bonchev–Trinajstić information content (AvgIpc) is 2.78. The first-order valence-electron chi connectivity index (χ1n) is 6.92. The van der Waals surface area contributed by atoms with Crippen LogP contribution >= 0.6 is 15.9 Å². The van der Waals surface area contributed by atoms with Crippen LogP contribution in [0, 0.1) is 0 Å². The molecular weight excluding hydrogens is 330 g/mol. The van der Waals surface area contributed by atoms with Crippen molar-refractivity contribution in [3.8, 4) is 0 Å². The number of carbonyl (C=O) groups excluding carboxylic acids is 1. The van der Waals surface area contributed by atoms with Gasteiger partial charge in [0.25, 0.3) is 0 Å². The van der Waals surface area contributed by atoms with E-state index in [9.17, 15) is 4.79 Å². The summed E-state index contributed by atoms with van der Waals surface area (Å²) in [5, 5.41) is 0. The van der Waals surface area contributed by atoms with E-state index in [0.717, 1.165) is 15.6 Å². The Bertz CT molecular complexity index is 644. The molecule has 0 aliphatic carbocycles. The highest BCUT2D eigenvalue weighted by Gasteiger charge is 2.39. The number of nitrogens with zero attached hydrogens (tertiary/aromatic N) is 1. The molecule has 0 spiro atoms. The first-order valence-corrected chi connectivity index (χ1v) is 7.71. The second kappa shape index (κ2) is 5.90. The van der Waals surface area contributed by atoms with Crippen LogP contribution in [0.3, 0.4) is 0 Å². The fourth-order valence-corrected chi connectivity index (χ4v) is 3.02. The molecule has 0 bridgehead atoms. The Kier molecular flexibility index (Phi) is 3.97. The molecule has 2 aromatic carbocycles. The van der Waals surface area contributed by atoms with Crippen molar-refractivity contribution in [1.82, 2.24) is 4.90 Å². The minimum Gasteiger partial charge on any atom is -0.439 e. The highest BCUT2D eigenvalue weighted by Crippen LogP contribution is 2.33. The van der Waals surface area contributed by atoms with Crippen LogP contribution in [-0.4, -0.2) is 17.0 Å². The molecule has 2 aromatic rings. The third-order valence-electron chi connectivity index (χ3n) is 3.82. The number of benzene rings is 2. The summed E-state index contributed by atoms with van der Waals surface area (Å²) in [5.74, 6) is 0. The number of hydrogen-bond acceptors (Lipinski definition) is 2. The smallest absolute Gasteiger partial charge is 0.411 e. The van der Waals surface area contributed by atoms with Crippen molar-refractivity contribution in [1.29, 1.82) is 0 Å². The van der Waals surface area contributed by atoms with Crippen molar-refractivity contribution in [2.24, 2.45) is 0 Å². The summed E-state index contributed by atoms with van der Waals surface area (Å²) in [6.07, 6.45) is -0.465. The Morgan fingerprint density at radius 1 is 1.10 bits per heavy atom. The van der Waals surface area contributed by atoms with Crippen molar-refractivity contribution < 1.29 is 9.53 Å². The molecule has 21 heavy (non-hydrogen) atoms. The van der Waals surface area contributed by atoms with Gasteiger partial charge in [0.2, 0.25) is 0 Å². The lowest BCUT2D eigenvalue weighted by Crippen LogP contribution is -2.31. The largest absolute Gasteiger partial charge is 0.439 e. The monoisotopic (exact) mass is 345 g/mol. The maximum Gasteiger partial charge on any atom is 0.411 e. The van der Waals surface area contributed by atoms with Crippen LogP contribution in [0.15, 0.2) is 59.1 Å². The molecule has 0 N–H and O–H groups in total. The minimum absolute atomic E-state index is 0.00649. The van der Waals surface area contributed by atoms with Crippen molar-refractivity contribution in [2.75, 3.05) is 0 Å². The van der Waals surface area contributed by atoms with E-state index >= 15 is 0 Å². The van der Waals surface area contributed by atoms with Crippen LogP contribution in [0.4, 0.5) is 4.79 Å². The minimum atomic E-state index is -0.257. The Morgan fingerprint density at radius 3 is 2.48 bits per heavy atom. The van der Waals surface area contributed by atoms with E-state index in [1.807, 2.05) is 61.5 Å². The molecule has 3 nitrogen and oxygen atoms in total. The summed E-state index contributed by atoms with van der Waals surface area (Å²) in [4.78, 5) is 13.9. The maximum atomic E-state index is 12.2. The zero-order chi connectivity index (χ0) is 14.8. The van der Waals surface area contributed by atoms with Gasteiger partial charge in [-0.2, -0.15) is 0 Å². The number of carbonyl (C=O) groups is 1. The van der Waals surface area contributed by atoms with Crippen molar-refractivity contribution in [3.05, 3.63) is 70.2 Å². The molecule has 0 aromatic heterocycles. The van der Waals surface area contributed by atoms with Gasteiger partial charge in [0.15, 0.2) is 0 Å². The van der Waals surface area contributed by atoms with Gasteiger partial charge in [0.05, 0.1) is 12.6 Å². The van der Waals surface area contributed by atoms with Gasteiger partial charge in [-0.15, -0.1) is 0 Å². The Hall–Kier alpha value is -1.81.